The molecule has 11 heteroatoms. The number of carbonyl (C=O) groups excluding carboxylic acids is 1. The van der Waals surface area contributed by atoms with Gasteiger partial charge in [0.2, 0.25) is 15.9 Å². The Morgan fingerprint density at radius 2 is 1.79 bits per heavy atom. The highest BCUT2D eigenvalue weighted by atomic mass is 35.5. The molecule has 1 N–H and O–H groups in total. The van der Waals surface area contributed by atoms with E-state index in [1.54, 1.807) is 6.07 Å². The summed E-state index contributed by atoms with van der Waals surface area (Å²) in [4.78, 5) is 12.7. The van der Waals surface area contributed by atoms with Crippen LogP contribution < -0.4 is 14.4 Å². The van der Waals surface area contributed by atoms with Gasteiger partial charge in [-0.3, -0.25) is 9.10 Å². The Balaban J connectivity index is 1.71. The van der Waals surface area contributed by atoms with Gasteiger partial charge >= 0.3 is 6.18 Å². The normalized spacial score (nSPS) is 12.9. The predicted octanol–water partition coefficient (Wildman–Crippen LogP) is 4.86. The van der Waals surface area contributed by atoms with Crippen molar-refractivity contribution in [1.29, 1.82) is 0 Å². The summed E-state index contributed by atoms with van der Waals surface area (Å²) >= 11 is 5.63. The van der Waals surface area contributed by atoms with E-state index in [0.717, 1.165) is 29.2 Å². The third kappa shape index (κ3) is 5.92. The molecule has 3 aromatic rings. The Hall–Kier alpha value is -2.98. The third-order valence-electron chi connectivity index (χ3n) is 5.01. The zero-order valence-electron chi connectivity index (χ0n) is 18.3. The molecule has 0 fully saturated rings. The van der Waals surface area contributed by atoms with Crippen LogP contribution in [0, 0.1) is 0 Å². The number of nitrogens with one attached hydrogen (secondary N) is 1. The number of anilines is 1. The third-order valence-corrected chi connectivity index (χ3v) is 6.58. The number of carbonyl (C=O) groups is 1. The van der Waals surface area contributed by atoms with E-state index in [9.17, 15) is 26.4 Å². The van der Waals surface area contributed by atoms with Crippen LogP contribution in [0.5, 0.6) is 5.75 Å². The van der Waals surface area contributed by atoms with Crippen LogP contribution in [0.15, 0.2) is 60.7 Å². The first-order valence-corrected chi connectivity index (χ1v) is 12.4. The molecule has 0 unspecified atom stereocenters. The number of fused-ring (bicyclic) bond motifs is 1. The van der Waals surface area contributed by atoms with E-state index in [1.807, 2.05) is 36.4 Å². The van der Waals surface area contributed by atoms with Crippen molar-refractivity contribution in [2.45, 2.75) is 19.1 Å². The first-order valence-electron chi connectivity index (χ1n) is 10.1. The Morgan fingerprint density at radius 3 is 2.47 bits per heavy atom. The second-order valence-corrected chi connectivity index (χ2v) is 9.78. The summed E-state index contributed by atoms with van der Waals surface area (Å²) in [7, 11) is -4.10. The van der Waals surface area contributed by atoms with Crippen molar-refractivity contribution >= 4 is 44.0 Å². The first kappa shape index (κ1) is 25.6. The van der Waals surface area contributed by atoms with Crippen LogP contribution in [0.1, 0.15) is 12.5 Å². The number of sulfonamides is 1. The van der Waals surface area contributed by atoms with Gasteiger partial charge in [0.25, 0.3) is 0 Å². The van der Waals surface area contributed by atoms with E-state index < -0.39 is 38.7 Å². The Labute approximate surface area is 200 Å². The van der Waals surface area contributed by atoms with Crippen molar-refractivity contribution in [3.63, 3.8) is 0 Å². The molecule has 0 aromatic heterocycles. The quantitative estimate of drug-likeness (QED) is 0.436. The van der Waals surface area contributed by atoms with Crippen molar-refractivity contribution in [3.05, 3.63) is 71.2 Å². The Kier molecular flexibility index (Phi) is 7.62. The zero-order chi connectivity index (χ0) is 25.1. The monoisotopic (exact) mass is 514 g/mol. The van der Waals surface area contributed by atoms with E-state index in [1.165, 1.54) is 6.92 Å². The molecule has 0 saturated heterocycles. The number of benzene rings is 3. The summed E-state index contributed by atoms with van der Waals surface area (Å²) in [5.41, 5.74) is -1.52. The van der Waals surface area contributed by atoms with Gasteiger partial charge in [-0.05, 0) is 36.6 Å². The van der Waals surface area contributed by atoms with Gasteiger partial charge < -0.3 is 10.1 Å². The standard InChI is InChI=1S/C23H22ClF3N2O4S/c1-15(29(34(2,31)32)17-10-11-20(24)19(14-17)23(25,26)27)22(30)28-12-13-33-21-9-5-7-16-6-3-4-8-18(16)21/h3-11,14-15H,12-13H2,1-2H3,(H,28,30)/t15-/m1/s1. The molecule has 0 bridgehead atoms. The second kappa shape index (κ2) is 10.1. The molecule has 1 atom stereocenters. The molecular formula is C23H22ClF3N2O4S. The highest BCUT2D eigenvalue weighted by Crippen LogP contribution is 2.37. The minimum absolute atomic E-state index is 0.0540. The van der Waals surface area contributed by atoms with Crippen LogP contribution in [-0.2, 0) is 21.0 Å². The summed E-state index contributed by atoms with van der Waals surface area (Å²) in [6.45, 7) is 1.44. The number of ether oxygens (including phenoxy) is 1. The van der Waals surface area contributed by atoms with Gasteiger partial charge in [-0.1, -0.05) is 48.0 Å². The van der Waals surface area contributed by atoms with Crippen molar-refractivity contribution in [2.24, 2.45) is 0 Å². The van der Waals surface area contributed by atoms with Crippen LogP contribution in [0.2, 0.25) is 5.02 Å². The fourth-order valence-corrected chi connectivity index (χ4v) is 4.87. The molecule has 6 nitrogen and oxygen atoms in total. The molecule has 0 aliphatic heterocycles. The fraction of sp³-hybridized carbons (Fsp3) is 0.261. The molecule has 0 aliphatic rings. The maximum atomic E-state index is 13.2. The SMILES string of the molecule is C[C@H](C(=O)NCCOc1cccc2ccccc12)N(c1ccc(Cl)c(C(F)(F)F)c1)S(C)(=O)=O. The van der Waals surface area contributed by atoms with E-state index in [4.69, 9.17) is 16.3 Å². The fourth-order valence-electron chi connectivity index (χ4n) is 3.48. The van der Waals surface area contributed by atoms with Crippen LogP contribution in [0.25, 0.3) is 10.8 Å². The highest BCUT2D eigenvalue weighted by molar-refractivity contribution is 7.92. The Morgan fingerprint density at radius 1 is 1.12 bits per heavy atom. The number of halogens is 4. The van der Waals surface area contributed by atoms with Crippen LogP contribution in [0.4, 0.5) is 18.9 Å². The molecule has 0 heterocycles. The summed E-state index contributed by atoms with van der Waals surface area (Å²) in [6.07, 6.45) is -3.98. The smallest absolute Gasteiger partial charge is 0.417 e. The van der Waals surface area contributed by atoms with E-state index in [-0.39, 0.29) is 18.8 Å². The lowest BCUT2D eigenvalue weighted by molar-refractivity contribution is -0.137. The van der Waals surface area contributed by atoms with E-state index in [0.29, 0.717) is 16.1 Å². The highest BCUT2D eigenvalue weighted by Gasteiger charge is 2.36. The topological polar surface area (TPSA) is 75.7 Å². The number of alkyl halides is 3. The van der Waals surface area contributed by atoms with Crippen molar-refractivity contribution in [1.82, 2.24) is 5.32 Å². The van der Waals surface area contributed by atoms with Gasteiger partial charge in [0, 0.05) is 5.39 Å². The number of nitrogens with zero attached hydrogens (tertiary/aromatic N) is 1. The minimum Gasteiger partial charge on any atom is -0.491 e. The second-order valence-electron chi connectivity index (χ2n) is 7.51. The van der Waals surface area contributed by atoms with Gasteiger partial charge in [-0.15, -0.1) is 0 Å². The van der Waals surface area contributed by atoms with Gasteiger partial charge in [0.1, 0.15) is 18.4 Å². The van der Waals surface area contributed by atoms with Crippen molar-refractivity contribution in [2.75, 3.05) is 23.7 Å². The lowest BCUT2D eigenvalue weighted by Crippen LogP contribution is -2.48. The summed E-state index contributed by atoms with van der Waals surface area (Å²) in [6, 6.07) is 14.5. The molecule has 0 spiro atoms. The van der Waals surface area contributed by atoms with Gasteiger partial charge in [0.05, 0.1) is 29.1 Å². The molecule has 3 aromatic carbocycles. The summed E-state index contributed by atoms with van der Waals surface area (Å²) in [5, 5.41) is 3.87. The van der Waals surface area contributed by atoms with Gasteiger partial charge in [0.15, 0.2) is 0 Å². The maximum Gasteiger partial charge on any atom is 0.417 e. The van der Waals surface area contributed by atoms with Crippen LogP contribution >= 0.6 is 11.6 Å². The van der Waals surface area contributed by atoms with Crippen molar-refractivity contribution < 1.29 is 31.1 Å². The Bertz CT molecular complexity index is 1290. The number of hydrogen-bond donors (Lipinski definition) is 1. The summed E-state index contributed by atoms with van der Waals surface area (Å²) in [5.74, 6) is -0.0746. The number of hydrogen-bond acceptors (Lipinski definition) is 4. The summed E-state index contributed by atoms with van der Waals surface area (Å²) < 4.78 is 70.8. The van der Waals surface area contributed by atoms with Crippen LogP contribution in [-0.4, -0.2) is 39.8 Å². The lowest BCUT2D eigenvalue weighted by Gasteiger charge is -2.29. The van der Waals surface area contributed by atoms with Gasteiger partial charge in [-0.25, -0.2) is 8.42 Å². The number of amides is 1. The first-order chi connectivity index (χ1) is 15.9. The molecule has 0 aliphatic carbocycles. The minimum atomic E-state index is -4.79. The van der Waals surface area contributed by atoms with Crippen molar-refractivity contribution in [3.8, 4) is 5.75 Å². The molecule has 1 amide bonds. The molecular weight excluding hydrogens is 493 g/mol. The predicted molar refractivity (Wildman–Crippen MR) is 126 cm³/mol. The van der Waals surface area contributed by atoms with Gasteiger partial charge in [-0.2, -0.15) is 13.2 Å². The van der Waals surface area contributed by atoms with E-state index >= 15 is 0 Å². The zero-order valence-corrected chi connectivity index (χ0v) is 19.8. The van der Waals surface area contributed by atoms with Crippen LogP contribution in [0.3, 0.4) is 0 Å². The molecule has 182 valence electrons. The average Bonchev–Trinajstić information content (AvgIpc) is 2.76. The van der Waals surface area contributed by atoms with E-state index in [2.05, 4.69) is 5.32 Å². The number of rotatable bonds is 8. The molecule has 0 radical (unpaired) electrons. The molecule has 0 saturated carbocycles. The molecule has 34 heavy (non-hydrogen) atoms. The average molecular weight is 515 g/mol. The largest absolute Gasteiger partial charge is 0.491 e. The maximum absolute atomic E-state index is 13.2. The lowest BCUT2D eigenvalue weighted by atomic mass is 10.1. The molecule has 3 rings (SSSR count).